The molecule has 3 rings (SSSR count). The van der Waals surface area contributed by atoms with Gasteiger partial charge in [-0.3, -0.25) is 9.89 Å². The van der Waals surface area contributed by atoms with Crippen molar-refractivity contribution in [1.29, 1.82) is 0 Å². The van der Waals surface area contributed by atoms with E-state index in [9.17, 15) is 4.79 Å². The zero-order chi connectivity index (χ0) is 15.5. The van der Waals surface area contributed by atoms with Gasteiger partial charge in [-0.1, -0.05) is 0 Å². The van der Waals surface area contributed by atoms with Crippen molar-refractivity contribution in [2.75, 3.05) is 0 Å². The van der Waals surface area contributed by atoms with Crippen LogP contribution in [0.3, 0.4) is 0 Å². The van der Waals surface area contributed by atoms with E-state index < -0.39 is 0 Å². The lowest BCUT2D eigenvalue weighted by atomic mass is 10.1. The third-order valence-corrected chi connectivity index (χ3v) is 3.88. The summed E-state index contributed by atoms with van der Waals surface area (Å²) in [6.07, 6.45) is 6.17. The minimum Gasteiger partial charge on any atom is -0.485 e. The van der Waals surface area contributed by atoms with Crippen molar-refractivity contribution >= 4 is 5.91 Å². The Kier molecular flexibility index (Phi) is 4.04. The molecule has 0 saturated heterocycles. The molecule has 116 valence electrons. The first-order valence-electron chi connectivity index (χ1n) is 7.40. The van der Waals surface area contributed by atoms with Gasteiger partial charge in [0.2, 0.25) is 0 Å². The summed E-state index contributed by atoms with van der Waals surface area (Å²) in [6, 6.07) is 1.76. The fourth-order valence-electron chi connectivity index (χ4n) is 2.74. The maximum atomic E-state index is 12.5. The van der Waals surface area contributed by atoms with Gasteiger partial charge in [0.1, 0.15) is 6.10 Å². The lowest BCUT2D eigenvalue weighted by Gasteiger charge is -2.21. The van der Waals surface area contributed by atoms with Crippen LogP contribution in [0.2, 0.25) is 0 Å². The summed E-state index contributed by atoms with van der Waals surface area (Å²) in [5, 5.41) is 17.6. The van der Waals surface area contributed by atoms with Gasteiger partial charge in [-0.2, -0.15) is 15.3 Å². The highest BCUT2D eigenvalue weighted by molar-refractivity contribution is 5.95. The molecule has 1 aliphatic rings. The third kappa shape index (κ3) is 3.08. The second-order valence-corrected chi connectivity index (χ2v) is 5.59. The smallest absolute Gasteiger partial charge is 0.253 e. The van der Waals surface area contributed by atoms with Crippen LogP contribution < -0.4 is 10.1 Å². The number of aromatic amines is 1. The first-order chi connectivity index (χ1) is 10.6. The maximum absolute atomic E-state index is 12.5. The number of aryl methyl sites for hydroxylation is 2. The van der Waals surface area contributed by atoms with Gasteiger partial charge in [-0.15, -0.1) is 0 Å². The molecule has 0 radical (unpaired) electrons. The van der Waals surface area contributed by atoms with Crippen molar-refractivity contribution in [2.24, 2.45) is 0 Å². The van der Waals surface area contributed by atoms with Gasteiger partial charge in [-0.05, 0) is 39.2 Å². The van der Waals surface area contributed by atoms with E-state index in [1.54, 1.807) is 25.4 Å². The molecule has 1 amide bonds. The summed E-state index contributed by atoms with van der Waals surface area (Å²) in [5.41, 5.74) is 1.93. The molecule has 0 unspecified atom stereocenters. The van der Waals surface area contributed by atoms with Crippen molar-refractivity contribution in [3.8, 4) is 5.75 Å². The second kappa shape index (κ2) is 6.13. The number of H-pyrrole nitrogens is 1. The van der Waals surface area contributed by atoms with Crippen LogP contribution in [0.15, 0.2) is 18.5 Å². The first-order valence-corrected chi connectivity index (χ1v) is 7.40. The normalized spacial score (nSPS) is 20.8. The molecule has 2 N–H and O–H groups in total. The quantitative estimate of drug-likeness (QED) is 0.893. The van der Waals surface area contributed by atoms with E-state index in [4.69, 9.17) is 4.74 Å². The zero-order valence-corrected chi connectivity index (χ0v) is 12.7. The van der Waals surface area contributed by atoms with Gasteiger partial charge in [0.15, 0.2) is 5.75 Å². The Hall–Kier alpha value is -2.44. The molecule has 0 aromatic carbocycles. The Labute approximate surface area is 128 Å². The molecular weight excluding hydrogens is 282 g/mol. The number of rotatable bonds is 4. The maximum Gasteiger partial charge on any atom is 0.253 e. The van der Waals surface area contributed by atoms with Gasteiger partial charge in [0.05, 0.1) is 35.4 Å². The van der Waals surface area contributed by atoms with E-state index >= 15 is 0 Å². The molecule has 7 heteroatoms. The SMILES string of the molecule is Cc1cc(C(=O)N[C@H]2CCC[C@H]2Oc2cn[nH]c2)c(C)nn1. The van der Waals surface area contributed by atoms with Crippen LogP contribution in [0, 0.1) is 13.8 Å². The summed E-state index contributed by atoms with van der Waals surface area (Å²) in [7, 11) is 0. The molecule has 0 bridgehead atoms. The molecule has 0 spiro atoms. The van der Waals surface area contributed by atoms with E-state index in [0.717, 1.165) is 25.0 Å². The van der Waals surface area contributed by atoms with E-state index in [-0.39, 0.29) is 18.1 Å². The van der Waals surface area contributed by atoms with Crippen LogP contribution in [0.25, 0.3) is 0 Å². The molecule has 2 atom stereocenters. The fraction of sp³-hybridized carbons (Fsp3) is 0.467. The van der Waals surface area contributed by atoms with Gasteiger partial charge in [0.25, 0.3) is 5.91 Å². The molecule has 1 fully saturated rings. The van der Waals surface area contributed by atoms with Gasteiger partial charge < -0.3 is 10.1 Å². The Balaban J connectivity index is 1.68. The number of nitrogens with zero attached hydrogens (tertiary/aromatic N) is 3. The highest BCUT2D eigenvalue weighted by Gasteiger charge is 2.31. The lowest BCUT2D eigenvalue weighted by Crippen LogP contribution is -2.42. The predicted molar refractivity (Wildman–Crippen MR) is 79.6 cm³/mol. The summed E-state index contributed by atoms with van der Waals surface area (Å²) in [6.45, 7) is 3.61. The van der Waals surface area contributed by atoms with E-state index in [1.165, 1.54) is 0 Å². The lowest BCUT2D eigenvalue weighted by molar-refractivity contribution is 0.0892. The summed E-state index contributed by atoms with van der Waals surface area (Å²) >= 11 is 0. The minimum absolute atomic E-state index is 0.00438. The average molecular weight is 301 g/mol. The van der Waals surface area contributed by atoms with E-state index in [2.05, 4.69) is 25.7 Å². The minimum atomic E-state index is -0.122. The highest BCUT2D eigenvalue weighted by atomic mass is 16.5. The van der Waals surface area contributed by atoms with Crippen LogP contribution in [-0.2, 0) is 0 Å². The molecule has 22 heavy (non-hydrogen) atoms. The molecule has 7 nitrogen and oxygen atoms in total. The number of hydrogen-bond donors (Lipinski definition) is 2. The second-order valence-electron chi connectivity index (χ2n) is 5.59. The molecule has 1 saturated carbocycles. The monoisotopic (exact) mass is 301 g/mol. The van der Waals surface area contributed by atoms with Gasteiger partial charge >= 0.3 is 0 Å². The first kappa shape index (κ1) is 14.5. The standard InChI is InChI=1S/C15H19N5O2/c1-9-6-12(10(2)20-19-9)15(21)18-13-4-3-5-14(13)22-11-7-16-17-8-11/h6-8,13-14H,3-5H2,1-2H3,(H,16,17)(H,18,21)/t13-,14+/m0/s1. The van der Waals surface area contributed by atoms with Crippen molar-refractivity contribution < 1.29 is 9.53 Å². The summed E-state index contributed by atoms with van der Waals surface area (Å²) in [5.74, 6) is 0.576. The molecular formula is C15H19N5O2. The molecule has 1 aliphatic carbocycles. The number of nitrogens with one attached hydrogen (secondary N) is 2. The van der Waals surface area contributed by atoms with Crippen molar-refractivity contribution in [1.82, 2.24) is 25.7 Å². The van der Waals surface area contributed by atoms with Crippen LogP contribution in [0.4, 0.5) is 0 Å². The fourth-order valence-corrected chi connectivity index (χ4v) is 2.74. The Morgan fingerprint density at radius 3 is 3.00 bits per heavy atom. The number of carbonyl (C=O) groups is 1. The van der Waals surface area contributed by atoms with Crippen LogP contribution >= 0.6 is 0 Å². The third-order valence-electron chi connectivity index (χ3n) is 3.88. The van der Waals surface area contributed by atoms with Crippen LogP contribution in [0.1, 0.15) is 41.0 Å². The van der Waals surface area contributed by atoms with Crippen molar-refractivity contribution in [3.05, 3.63) is 35.4 Å². The van der Waals surface area contributed by atoms with Crippen LogP contribution in [-0.4, -0.2) is 38.4 Å². The topological polar surface area (TPSA) is 92.8 Å². The van der Waals surface area contributed by atoms with Gasteiger partial charge in [-0.25, -0.2) is 0 Å². The number of aromatic nitrogens is 4. The molecule has 2 aromatic heterocycles. The van der Waals surface area contributed by atoms with Gasteiger partial charge in [0, 0.05) is 0 Å². The Morgan fingerprint density at radius 1 is 1.36 bits per heavy atom. The number of amides is 1. The summed E-state index contributed by atoms with van der Waals surface area (Å²) < 4.78 is 5.88. The van der Waals surface area contributed by atoms with E-state index in [0.29, 0.717) is 17.0 Å². The number of hydrogen-bond acceptors (Lipinski definition) is 5. The largest absolute Gasteiger partial charge is 0.485 e. The van der Waals surface area contributed by atoms with E-state index in [1.807, 2.05) is 6.92 Å². The van der Waals surface area contributed by atoms with Crippen LogP contribution in [0.5, 0.6) is 5.75 Å². The van der Waals surface area contributed by atoms with Crippen molar-refractivity contribution in [2.45, 2.75) is 45.3 Å². The number of carbonyl (C=O) groups excluding carboxylic acids is 1. The number of ether oxygens (including phenoxy) is 1. The Morgan fingerprint density at radius 2 is 2.23 bits per heavy atom. The summed E-state index contributed by atoms with van der Waals surface area (Å²) in [4.78, 5) is 12.5. The predicted octanol–water partition coefficient (Wildman–Crippen LogP) is 1.55. The average Bonchev–Trinajstić information content (AvgIpc) is 3.15. The molecule has 2 heterocycles. The highest BCUT2D eigenvalue weighted by Crippen LogP contribution is 2.24. The Bertz CT molecular complexity index is 656. The molecule has 2 aromatic rings. The molecule has 0 aliphatic heterocycles. The van der Waals surface area contributed by atoms with Crippen molar-refractivity contribution in [3.63, 3.8) is 0 Å². The zero-order valence-electron chi connectivity index (χ0n) is 12.7.